The fraction of sp³-hybridized carbons (Fsp3) is 0.462. The Hall–Kier alpha value is -1.31. The minimum Gasteiger partial charge on any atom is -0.508 e. The predicted octanol–water partition coefficient (Wildman–Crippen LogP) is 2.94. The molecule has 0 aliphatic rings. The first-order valence-corrected chi connectivity index (χ1v) is 5.44. The molecule has 15 heavy (non-hydrogen) atoms. The van der Waals surface area contributed by atoms with E-state index in [0.717, 1.165) is 18.4 Å². The Morgan fingerprint density at radius 2 is 1.93 bits per heavy atom. The molecule has 0 radical (unpaired) electrons. The third-order valence-corrected chi connectivity index (χ3v) is 2.76. The number of carbonyl (C=O) groups excluding carboxylic acids is 1. The van der Waals surface area contributed by atoms with Crippen LogP contribution in [0, 0.1) is 5.92 Å². The molecule has 1 aromatic carbocycles. The molecule has 0 amide bonds. The number of benzene rings is 1. The Bertz CT molecular complexity index is 314. The first-order valence-electron chi connectivity index (χ1n) is 5.44. The third kappa shape index (κ3) is 3.74. The van der Waals surface area contributed by atoms with Crippen LogP contribution in [-0.2, 0) is 11.2 Å². The molecule has 2 heteroatoms. The number of phenols is 1. The molecule has 0 saturated heterocycles. The van der Waals surface area contributed by atoms with Gasteiger partial charge in [0.25, 0.3) is 0 Å². The molecule has 0 aliphatic heterocycles. The summed E-state index contributed by atoms with van der Waals surface area (Å²) in [5.74, 6) is 0.764. The highest BCUT2D eigenvalue weighted by Crippen LogP contribution is 2.13. The smallest absolute Gasteiger partial charge is 0.136 e. The van der Waals surface area contributed by atoms with E-state index in [1.807, 2.05) is 26.0 Å². The van der Waals surface area contributed by atoms with Gasteiger partial charge in [0.2, 0.25) is 0 Å². The van der Waals surface area contributed by atoms with Gasteiger partial charge in [0.05, 0.1) is 0 Å². The molecule has 0 aromatic heterocycles. The van der Waals surface area contributed by atoms with E-state index in [1.54, 1.807) is 12.1 Å². The van der Waals surface area contributed by atoms with Crippen molar-refractivity contribution in [1.82, 2.24) is 0 Å². The summed E-state index contributed by atoms with van der Waals surface area (Å²) in [5, 5.41) is 9.09. The minimum atomic E-state index is 0.169. The van der Waals surface area contributed by atoms with Gasteiger partial charge in [0, 0.05) is 12.3 Å². The van der Waals surface area contributed by atoms with E-state index < -0.39 is 0 Å². The van der Waals surface area contributed by atoms with Crippen LogP contribution in [0.5, 0.6) is 5.75 Å². The van der Waals surface area contributed by atoms with Gasteiger partial charge in [-0.15, -0.1) is 0 Å². The topological polar surface area (TPSA) is 37.3 Å². The van der Waals surface area contributed by atoms with Crippen molar-refractivity contribution in [1.29, 1.82) is 0 Å². The highest BCUT2D eigenvalue weighted by molar-refractivity contribution is 5.80. The Morgan fingerprint density at radius 1 is 1.33 bits per heavy atom. The van der Waals surface area contributed by atoms with Crippen LogP contribution in [0.1, 0.15) is 32.3 Å². The molecule has 1 rings (SSSR count). The highest BCUT2D eigenvalue weighted by atomic mass is 16.3. The van der Waals surface area contributed by atoms with Crippen LogP contribution in [0.25, 0.3) is 0 Å². The van der Waals surface area contributed by atoms with Crippen LogP contribution in [0.15, 0.2) is 24.3 Å². The lowest BCUT2D eigenvalue weighted by atomic mass is 9.98. The molecule has 0 aliphatic carbocycles. The lowest BCUT2D eigenvalue weighted by Gasteiger charge is -2.06. The third-order valence-electron chi connectivity index (χ3n) is 2.76. The van der Waals surface area contributed by atoms with Gasteiger partial charge in [-0.2, -0.15) is 0 Å². The number of phenolic OH excluding ortho intramolecular Hbond substituents is 1. The van der Waals surface area contributed by atoms with E-state index in [1.165, 1.54) is 0 Å². The van der Waals surface area contributed by atoms with Crippen molar-refractivity contribution < 1.29 is 9.90 Å². The van der Waals surface area contributed by atoms with E-state index in [0.29, 0.717) is 12.2 Å². The quantitative estimate of drug-likeness (QED) is 0.804. The van der Waals surface area contributed by atoms with Gasteiger partial charge in [-0.1, -0.05) is 26.0 Å². The molecule has 1 atom stereocenters. The lowest BCUT2D eigenvalue weighted by Crippen LogP contribution is -2.10. The van der Waals surface area contributed by atoms with Crippen LogP contribution in [0.4, 0.5) is 0 Å². The molecule has 0 fully saturated rings. The molecule has 82 valence electrons. The second-order valence-electron chi connectivity index (χ2n) is 3.94. The normalized spacial score (nSPS) is 12.4. The fourth-order valence-electron chi connectivity index (χ4n) is 1.40. The fourth-order valence-corrected chi connectivity index (χ4v) is 1.40. The molecular formula is C13H18O2. The average molecular weight is 206 g/mol. The molecule has 2 nitrogen and oxygen atoms in total. The van der Waals surface area contributed by atoms with Crippen LogP contribution in [-0.4, -0.2) is 10.9 Å². The zero-order valence-electron chi connectivity index (χ0n) is 9.36. The zero-order valence-corrected chi connectivity index (χ0v) is 9.36. The average Bonchev–Trinajstić information content (AvgIpc) is 2.26. The molecule has 0 spiro atoms. The van der Waals surface area contributed by atoms with E-state index in [-0.39, 0.29) is 11.7 Å². The summed E-state index contributed by atoms with van der Waals surface area (Å²) in [6.07, 6.45) is 2.28. The van der Waals surface area contributed by atoms with Gasteiger partial charge in [-0.05, 0) is 30.5 Å². The maximum atomic E-state index is 11.6. The number of Topliss-reactive ketones (excluding diaryl/α,β-unsaturated/α-hetero) is 1. The Morgan fingerprint density at radius 3 is 2.47 bits per heavy atom. The molecule has 0 heterocycles. The maximum absolute atomic E-state index is 11.6. The van der Waals surface area contributed by atoms with Gasteiger partial charge in [0.15, 0.2) is 0 Å². The van der Waals surface area contributed by atoms with E-state index in [9.17, 15) is 4.79 Å². The Labute approximate surface area is 90.9 Å². The van der Waals surface area contributed by atoms with Crippen molar-refractivity contribution in [3.63, 3.8) is 0 Å². The molecule has 0 bridgehead atoms. The predicted molar refractivity (Wildman–Crippen MR) is 60.9 cm³/mol. The van der Waals surface area contributed by atoms with Gasteiger partial charge < -0.3 is 5.11 Å². The summed E-state index contributed by atoms with van der Waals surface area (Å²) in [6.45, 7) is 4.00. The molecular weight excluding hydrogens is 188 g/mol. The standard InChI is InChI=1S/C13H18O2/c1-3-10(2)13(15)9-6-11-4-7-12(14)8-5-11/h4-5,7-8,10,14H,3,6,9H2,1-2H3. The van der Waals surface area contributed by atoms with Crippen LogP contribution < -0.4 is 0 Å². The van der Waals surface area contributed by atoms with Crippen molar-refractivity contribution in [3.8, 4) is 5.75 Å². The second-order valence-corrected chi connectivity index (χ2v) is 3.94. The number of ketones is 1. The number of hydrogen-bond donors (Lipinski definition) is 1. The summed E-state index contributed by atoms with van der Waals surface area (Å²) in [6, 6.07) is 7.03. The Kier molecular flexibility index (Phi) is 4.35. The molecule has 1 N–H and O–H groups in total. The number of carbonyl (C=O) groups is 1. The minimum absolute atomic E-state index is 0.169. The first-order chi connectivity index (χ1) is 7.13. The summed E-state index contributed by atoms with van der Waals surface area (Å²) < 4.78 is 0. The van der Waals surface area contributed by atoms with Crippen molar-refractivity contribution in [2.24, 2.45) is 5.92 Å². The van der Waals surface area contributed by atoms with Crippen LogP contribution in [0.2, 0.25) is 0 Å². The highest BCUT2D eigenvalue weighted by Gasteiger charge is 2.09. The summed E-state index contributed by atoms with van der Waals surface area (Å²) in [5.41, 5.74) is 1.10. The number of hydrogen-bond acceptors (Lipinski definition) is 2. The van der Waals surface area contributed by atoms with E-state index in [4.69, 9.17) is 5.11 Å². The van der Waals surface area contributed by atoms with Crippen molar-refractivity contribution in [3.05, 3.63) is 29.8 Å². The lowest BCUT2D eigenvalue weighted by molar-refractivity contribution is -0.122. The van der Waals surface area contributed by atoms with E-state index >= 15 is 0 Å². The zero-order chi connectivity index (χ0) is 11.3. The van der Waals surface area contributed by atoms with Crippen molar-refractivity contribution >= 4 is 5.78 Å². The number of rotatable bonds is 5. The summed E-state index contributed by atoms with van der Waals surface area (Å²) in [4.78, 5) is 11.6. The monoisotopic (exact) mass is 206 g/mol. The summed E-state index contributed by atoms with van der Waals surface area (Å²) >= 11 is 0. The number of aryl methyl sites for hydroxylation is 1. The van der Waals surface area contributed by atoms with Gasteiger partial charge in [0.1, 0.15) is 11.5 Å². The van der Waals surface area contributed by atoms with Crippen LogP contribution >= 0.6 is 0 Å². The largest absolute Gasteiger partial charge is 0.508 e. The van der Waals surface area contributed by atoms with Crippen molar-refractivity contribution in [2.75, 3.05) is 0 Å². The van der Waals surface area contributed by atoms with Gasteiger partial charge in [-0.25, -0.2) is 0 Å². The summed E-state index contributed by atoms with van der Waals surface area (Å²) in [7, 11) is 0. The van der Waals surface area contributed by atoms with Gasteiger partial charge >= 0.3 is 0 Å². The number of aromatic hydroxyl groups is 1. The van der Waals surface area contributed by atoms with E-state index in [2.05, 4.69) is 0 Å². The molecule has 1 aromatic rings. The SMILES string of the molecule is CCC(C)C(=O)CCc1ccc(O)cc1. The maximum Gasteiger partial charge on any atom is 0.136 e. The first kappa shape index (κ1) is 11.8. The Balaban J connectivity index is 2.43. The van der Waals surface area contributed by atoms with Gasteiger partial charge in [-0.3, -0.25) is 4.79 Å². The second kappa shape index (κ2) is 5.54. The van der Waals surface area contributed by atoms with Crippen LogP contribution in [0.3, 0.4) is 0 Å². The molecule has 1 unspecified atom stereocenters. The molecule has 0 saturated carbocycles. The van der Waals surface area contributed by atoms with Crippen molar-refractivity contribution in [2.45, 2.75) is 33.1 Å².